The number of methoxy groups -OCH3 is 1. The zero-order chi connectivity index (χ0) is 35.3. The highest BCUT2D eigenvalue weighted by atomic mass is 19.2. The van der Waals surface area contributed by atoms with Gasteiger partial charge < -0.3 is 9.39 Å². The molecular formula is C29H13BF15O2-. The molecule has 2 nitrogen and oxygen atoms in total. The maximum atomic E-state index is 15.7. The number of hydrogen-bond acceptors (Lipinski definition) is 2. The molecule has 0 saturated carbocycles. The van der Waals surface area contributed by atoms with E-state index in [-0.39, 0.29) is 5.75 Å². The summed E-state index contributed by atoms with van der Waals surface area (Å²) in [6, 6.07) is 4.14. The van der Waals surface area contributed by atoms with Crippen LogP contribution in [0.3, 0.4) is 0 Å². The Hall–Kier alpha value is -4.61. The van der Waals surface area contributed by atoms with Gasteiger partial charge in [0.1, 0.15) is 40.7 Å². The number of benzene rings is 4. The standard InChI is InChI=1S/C29H13BF15O2/c1-3-4-11(9-5-7-10(46-2)8-6-9)47-30(12-15(31)21(37)27(43)22(38)16(12)32,13-17(33)23(39)28(44)24(40)18(13)34)14-19(35)25(41)29(45)26(42)20(14)36/h3,5-8,11H,1,4H2,2H3/q-1. The van der Waals surface area contributed by atoms with E-state index in [0.717, 1.165) is 37.5 Å². The van der Waals surface area contributed by atoms with Gasteiger partial charge in [-0.25, -0.2) is 65.9 Å². The number of ether oxygens (including phenoxy) is 1. The van der Waals surface area contributed by atoms with E-state index in [0.29, 0.717) is 0 Å². The van der Waals surface area contributed by atoms with Gasteiger partial charge in [-0.3, -0.25) is 0 Å². The van der Waals surface area contributed by atoms with Crippen LogP contribution >= 0.6 is 0 Å². The minimum absolute atomic E-state index is 0.0576. The van der Waals surface area contributed by atoms with E-state index < -0.39 is 128 Å². The molecule has 1 atom stereocenters. The van der Waals surface area contributed by atoms with E-state index in [1.165, 1.54) is 0 Å². The highest BCUT2D eigenvalue weighted by Gasteiger charge is 2.50. The summed E-state index contributed by atoms with van der Waals surface area (Å²) in [5.41, 5.74) is -8.99. The molecule has 4 rings (SSSR count). The van der Waals surface area contributed by atoms with Gasteiger partial charge in [-0.15, -0.1) is 6.58 Å². The van der Waals surface area contributed by atoms with Gasteiger partial charge in [0.25, 0.3) is 0 Å². The van der Waals surface area contributed by atoms with Crippen molar-refractivity contribution in [2.45, 2.75) is 12.5 Å². The Morgan fingerprint density at radius 2 is 0.787 bits per heavy atom. The minimum Gasteiger partial charge on any atom is -0.573 e. The second-order valence-corrected chi connectivity index (χ2v) is 9.66. The van der Waals surface area contributed by atoms with Crippen LogP contribution in [0.2, 0.25) is 0 Å². The lowest BCUT2D eigenvalue weighted by molar-refractivity contribution is 0.206. The Kier molecular flexibility index (Phi) is 9.67. The van der Waals surface area contributed by atoms with Crippen LogP contribution in [0.4, 0.5) is 65.9 Å². The van der Waals surface area contributed by atoms with Gasteiger partial charge in [-0.1, -0.05) is 34.6 Å². The Bertz CT molecular complexity index is 1660. The molecule has 0 N–H and O–H groups in total. The summed E-state index contributed by atoms with van der Waals surface area (Å²) >= 11 is 0. The largest absolute Gasteiger partial charge is 0.573 e. The lowest BCUT2D eigenvalue weighted by atomic mass is 9.27. The molecule has 0 fully saturated rings. The van der Waals surface area contributed by atoms with E-state index in [4.69, 9.17) is 9.39 Å². The normalized spacial score (nSPS) is 12.4. The summed E-state index contributed by atoms with van der Waals surface area (Å²) in [6.07, 6.45) is -8.46. The van der Waals surface area contributed by atoms with Crippen LogP contribution in [0.5, 0.6) is 5.75 Å². The third kappa shape index (κ3) is 5.37. The minimum atomic E-state index is -6.19. The second-order valence-electron chi connectivity index (χ2n) is 9.66. The Morgan fingerprint density at radius 3 is 1.04 bits per heavy atom. The smallest absolute Gasteiger partial charge is 0.217 e. The molecule has 47 heavy (non-hydrogen) atoms. The maximum Gasteiger partial charge on any atom is 0.217 e. The first-order valence-electron chi connectivity index (χ1n) is 12.6. The van der Waals surface area contributed by atoms with Gasteiger partial charge >= 0.3 is 0 Å². The average Bonchev–Trinajstić information content (AvgIpc) is 3.06. The molecule has 4 aromatic rings. The topological polar surface area (TPSA) is 18.5 Å². The van der Waals surface area contributed by atoms with Crippen LogP contribution in [0.25, 0.3) is 0 Å². The number of halogens is 15. The van der Waals surface area contributed by atoms with Crippen molar-refractivity contribution in [2.75, 3.05) is 7.11 Å². The summed E-state index contributed by atoms with van der Waals surface area (Å²) in [7, 11) is 1.16. The van der Waals surface area contributed by atoms with Crippen molar-refractivity contribution in [2.24, 2.45) is 0 Å². The molecule has 0 aliphatic rings. The quantitative estimate of drug-likeness (QED) is 0.0616. The summed E-state index contributed by atoms with van der Waals surface area (Å²) in [4.78, 5) is 0. The highest BCUT2D eigenvalue weighted by molar-refractivity contribution is 7.07. The zero-order valence-corrected chi connectivity index (χ0v) is 22.9. The molecule has 0 spiro atoms. The predicted octanol–water partition coefficient (Wildman–Crippen LogP) is 7.08. The third-order valence-electron chi connectivity index (χ3n) is 7.19. The molecule has 18 heteroatoms. The molecule has 1 unspecified atom stereocenters. The van der Waals surface area contributed by atoms with Crippen LogP contribution in [-0.2, 0) is 4.65 Å². The van der Waals surface area contributed by atoms with Gasteiger partial charge in [0, 0.05) is 6.10 Å². The molecule has 250 valence electrons. The van der Waals surface area contributed by atoms with Crippen molar-refractivity contribution in [3.8, 4) is 5.75 Å². The average molecular weight is 689 g/mol. The monoisotopic (exact) mass is 689 g/mol. The van der Waals surface area contributed by atoms with E-state index in [1.807, 2.05) is 0 Å². The van der Waals surface area contributed by atoms with Gasteiger partial charge in [-0.05, 0) is 24.1 Å². The molecule has 0 radical (unpaired) electrons. The van der Waals surface area contributed by atoms with Crippen molar-refractivity contribution in [1.29, 1.82) is 0 Å². The van der Waals surface area contributed by atoms with Gasteiger partial charge in [0.15, 0.2) is 52.4 Å². The molecule has 4 aromatic carbocycles. The van der Waals surface area contributed by atoms with Crippen LogP contribution in [0.15, 0.2) is 36.9 Å². The van der Waals surface area contributed by atoms with Crippen LogP contribution < -0.4 is 21.1 Å². The SMILES string of the molecule is C=CCC(O[B-](c1c(F)c(F)c(F)c(F)c1F)(c1c(F)c(F)c(F)c(F)c1F)c1c(F)c(F)c(F)c(F)c1F)c1ccc(OC)cc1. The maximum absolute atomic E-state index is 15.7. The van der Waals surface area contributed by atoms with Crippen molar-refractivity contribution in [3.63, 3.8) is 0 Å². The van der Waals surface area contributed by atoms with E-state index in [9.17, 15) is 39.5 Å². The molecule has 0 bridgehead atoms. The highest BCUT2D eigenvalue weighted by Crippen LogP contribution is 2.34. The molecule has 0 amide bonds. The molecular weight excluding hydrogens is 676 g/mol. The van der Waals surface area contributed by atoms with Crippen LogP contribution in [0, 0.1) is 87.3 Å². The van der Waals surface area contributed by atoms with E-state index >= 15 is 26.3 Å². The fourth-order valence-electron chi connectivity index (χ4n) is 5.06. The first kappa shape index (κ1) is 35.3. The first-order chi connectivity index (χ1) is 22.0. The fourth-order valence-corrected chi connectivity index (χ4v) is 5.06. The van der Waals surface area contributed by atoms with E-state index in [2.05, 4.69) is 6.58 Å². The Morgan fingerprint density at radius 1 is 0.511 bits per heavy atom. The van der Waals surface area contributed by atoms with Gasteiger partial charge in [0.2, 0.25) is 6.35 Å². The van der Waals surface area contributed by atoms with Crippen LogP contribution in [0.1, 0.15) is 18.1 Å². The summed E-state index contributed by atoms with van der Waals surface area (Å²) in [6.45, 7) is 3.28. The predicted molar refractivity (Wildman–Crippen MR) is 135 cm³/mol. The van der Waals surface area contributed by atoms with E-state index in [1.54, 1.807) is 0 Å². The van der Waals surface area contributed by atoms with Crippen molar-refractivity contribution in [1.82, 2.24) is 0 Å². The summed E-state index contributed by atoms with van der Waals surface area (Å²) in [5.74, 6) is -46.8. The van der Waals surface area contributed by atoms with Crippen molar-refractivity contribution >= 4 is 22.7 Å². The molecule has 0 saturated heterocycles. The fraction of sp³-hybridized carbons (Fsp3) is 0.103. The lowest BCUT2D eigenvalue weighted by Gasteiger charge is -2.47. The second kappa shape index (κ2) is 12.9. The molecule has 0 heterocycles. The summed E-state index contributed by atoms with van der Waals surface area (Å²) < 4.78 is 235. The third-order valence-corrected chi connectivity index (χ3v) is 7.19. The summed E-state index contributed by atoms with van der Waals surface area (Å²) in [5, 5.41) is 0. The van der Waals surface area contributed by atoms with Gasteiger partial charge in [0.05, 0.1) is 7.11 Å². The Balaban J connectivity index is 2.42. The van der Waals surface area contributed by atoms with Crippen molar-refractivity contribution in [3.05, 3.63) is 130 Å². The molecule has 0 aliphatic carbocycles. The van der Waals surface area contributed by atoms with Crippen molar-refractivity contribution < 1.29 is 75.2 Å². The Labute approximate surface area is 253 Å². The molecule has 0 aromatic heterocycles. The number of rotatable bonds is 9. The number of hydrogen-bond donors (Lipinski definition) is 0. The molecule has 0 aliphatic heterocycles. The van der Waals surface area contributed by atoms with Gasteiger partial charge in [-0.2, -0.15) is 0 Å². The zero-order valence-electron chi connectivity index (χ0n) is 22.9. The van der Waals surface area contributed by atoms with Crippen LogP contribution in [-0.4, -0.2) is 13.5 Å². The lowest BCUT2D eigenvalue weighted by Crippen LogP contribution is -2.75. The first-order valence-corrected chi connectivity index (χ1v) is 12.6.